The Bertz CT molecular complexity index is 335. The summed E-state index contributed by atoms with van der Waals surface area (Å²) in [4.78, 5) is 2.80. The third kappa shape index (κ3) is 2.48. The normalized spacial score (nSPS) is 48.9. The molecular weight excluding hydrogens is 230 g/mol. The summed E-state index contributed by atoms with van der Waals surface area (Å²) in [5.41, 5.74) is 0.568. The van der Waals surface area contributed by atoms with Crippen molar-refractivity contribution in [1.82, 2.24) is 4.90 Å². The van der Waals surface area contributed by atoms with E-state index in [0.29, 0.717) is 5.41 Å². The highest BCUT2D eigenvalue weighted by molar-refractivity contribution is 5.03. The highest BCUT2D eigenvalue weighted by Crippen LogP contribution is 2.54. The molecule has 1 nitrogen and oxygen atoms in total. The molecule has 0 aromatic carbocycles. The van der Waals surface area contributed by atoms with Gasteiger partial charge in [-0.2, -0.15) is 0 Å². The molecule has 0 aliphatic heterocycles. The van der Waals surface area contributed by atoms with Crippen LogP contribution in [0.4, 0.5) is 0 Å². The van der Waals surface area contributed by atoms with E-state index in [1.807, 2.05) is 0 Å². The van der Waals surface area contributed by atoms with Crippen molar-refractivity contribution in [2.75, 3.05) is 7.05 Å². The summed E-state index contributed by atoms with van der Waals surface area (Å²) in [5.74, 6) is 4.01. The first-order valence-electron chi connectivity index (χ1n) is 8.62. The predicted molar refractivity (Wildman–Crippen MR) is 82.1 cm³/mol. The Kier molecular flexibility index (Phi) is 3.48. The first-order valence-corrected chi connectivity index (χ1v) is 8.62. The van der Waals surface area contributed by atoms with Gasteiger partial charge in [0.05, 0.1) is 0 Å². The van der Waals surface area contributed by atoms with Crippen LogP contribution in [0.3, 0.4) is 0 Å². The molecule has 3 aliphatic carbocycles. The van der Waals surface area contributed by atoms with Gasteiger partial charge < -0.3 is 0 Å². The van der Waals surface area contributed by atoms with Crippen LogP contribution in [0.2, 0.25) is 0 Å². The third-order valence-electron chi connectivity index (χ3n) is 6.82. The lowest BCUT2D eigenvalue weighted by molar-refractivity contribution is -0.0209. The average molecular weight is 263 g/mol. The van der Waals surface area contributed by atoms with Gasteiger partial charge in [0.15, 0.2) is 0 Å². The standard InChI is InChI=1S/C18H33N/c1-12-6-7-16(15-11-14(15)13(2)10-12)19(5)17-8-9-18(17,3)4/h12-17H,6-11H2,1-5H3. The molecule has 0 aromatic heterocycles. The van der Waals surface area contributed by atoms with Gasteiger partial charge in [0.25, 0.3) is 0 Å². The second kappa shape index (κ2) is 4.76. The van der Waals surface area contributed by atoms with Crippen LogP contribution >= 0.6 is 0 Å². The molecule has 0 saturated heterocycles. The van der Waals surface area contributed by atoms with Crippen molar-refractivity contribution in [3.05, 3.63) is 0 Å². The summed E-state index contributed by atoms with van der Waals surface area (Å²) in [6, 6.07) is 1.74. The summed E-state index contributed by atoms with van der Waals surface area (Å²) in [5, 5.41) is 0. The maximum absolute atomic E-state index is 2.80. The van der Waals surface area contributed by atoms with E-state index >= 15 is 0 Å². The van der Waals surface area contributed by atoms with Crippen molar-refractivity contribution in [2.45, 2.75) is 78.3 Å². The SMILES string of the molecule is CC1CCC(N(C)C2CCC2(C)C)C2CC2C(C)C1. The largest absolute Gasteiger partial charge is 0.300 e. The Balaban J connectivity index is 1.69. The second-order valence-electron chi connectivity index (χ2n) is 8.73. The average Bonchev–Trinajstić information content (AvgIpc) is 3.06. The van der Waals surface area contributed by atoms with Crippen LogP contribution in [-0.4, -0.2) is 24.0 Å². The van der Waals surface area contributed by atoms with Crippen LogP contribution in [-0.2, 0) is 0 Å². The molecule has 0 N–H and O–H groups in total. The summed E-state index contributed by atoms with van der Waals surface area (Å²) < 4.78 is 0. The van der Waals surface area contributed by atoms with E-state index < -0.39 is 0 Å². The van der Waals surface area contributed by atoms with E-state index in [9.17, 15) is 0 Å². The number of hydrogen-bond donors (Lipinski definition) is 0. The topological polar surface area (TPSA) is 3.24 Å². The van der Waals surface area contributed by atoms with Gasteiger partial charge in [-0.1, -0.05) is 27.7 Å². The molecule has 0 amide bonds. The first kappa shape index (κ1) is 13.9. The Morgan fingerprint density at radius 3 is 2.26 bits per heavy atom. The van der Waals surface area contributed by atoms with Gasteiger partial charge in [-0.3, -0.25) is 4.90 Å². The minimum absolute atomic E-state index is 0.568. The molecule has 3 aliphatic rings. The Morgan fingerprint density at radius 2 is 1.68 bits per heavy atom. The number of hydrogen-bond acceptors (Lipinski definition) is 1. The highest BCUT2D eigenvalue weighted by Gasteiger charge is 2.51. The van der Waals surface area contributed by atoms with E-state index in [-0.39, 0.29) is 0 Å². The van der Waals surface area contributed by atoms with Gasteiger partial charge in [0, 0.05) is 12.1 Å². The van der Waals surface area contributed by atoms with Crippen molar-refractivity contribution >= 4 is 0 Å². The van der Waals surface area contributed by atoms with E-state index in [1.165, 1.54) is 38.5 Å². The van der Waals surface area contributed by atoms with Crippen LogP contribution < -0.4 is 0 Å². The molecule has 0 heterocycles. The fraction of sp³-hybridized carbons (Fsp3) is 1.00. The molecule has 3 rings (SSSR count). The Hall–Kier alpha value is -0.0400. The fourth-order valence-electron chi connectivity index (χ4n) is 5.27. The molecule has 6 unspecified atom stereocenters. The van der Waals surface area contributed by atoms with Gasteiger partial charge in [-0.25, -0.2) is 0 Å². The van der Waals surface area contributed by atoms with Crippen LogP contribution in [0.15, 0.2) is 0 Å². The van der Waals surface area contributed by atoms with Crippen molar-refractivity contribution in [2.24, 2.45) is 29.1 Å². The molecule has 0 spiro atoms. The third-order valence-corrected chi connectivity index (χ3v) is 6.82. The van der Waals surface area contributed by atoms with Gasteiger partial charge in [0.1, 0.15) is 0 Å². The molecule has 3 fully saturated rings. The summed E-state index contributed by atoms with van der Waals surface area (Å²) in [6.07, 6.45) is 8.77. The van der Waals surface area contributed by atoms with Crippen LogP contribution in [0.5, 0.6) is 0 Å². The first-order chi connectivity index (χ1) is 8.90. The minimum atomic E-state index is 0.568. The molecule has 0 aromatic rings. The number of rotatable bonds is 2. The molecule has 1 heteroatoms. The maximum Gasteiger partial charge on any atom is 0.0147 e. The van der Waals surface area contributed by atoms with E-state index in [1.54, 1.807) is 0 Å². The summed E-state index contributed by atoms with van der Waals surface area (Å²) in [7, 11) is 2.43. The van der Waals surface area contributed by atoms with Crippen molar-refractivity contribution in [1.29, 1.82) is 0 Å². The Morgan fingerprint density at radius 1 is 0.947 bits per heavy atom. The van der Waals surface area contributed by atoms with Gasteiger partial charge in [-0.05, 0) is 74.7 Å². The molecule has 3 saturated carbocycles. The van der Waals surface area contributed by atoms with E-state index in [0.717, 1.165) is 35.8 Å². The molecule has 0 bridgehead atoms. The molecule has 6 atom stereocenters. The monoisotopic (exact) mass is 263 g/mol. The lowest BCUT2D eigenvalue weighted by Crippen LogP contribution is -2.55. The molecule has 19 heavy (non-hydrogen) atoms. The number of fused-ring (bicyclic) bond motifs is 1. The minimum Gasteiger partial charge on any atom is -0.300 e. The predicted octanol–water partition coefficient (Wildman–Crippen LogP) is 4.57. The molecule has 0 radical (unpaired) electrons. The van der Waals surface area contributed by atoms with Gasteiger partial charge >= 0.3 is 0 Å². The summed E-state index contributed by atoms with van der Waals surface area (Å²) in [6.45, 7) is 9.92. The lowest BCUT2D eigenvalue weighted by Gasteiger charge is -2.52. The summed E-state index contributed by atoms with van der Waals surface area (Å²) >= 11 is 0. The van der Waals surface area contributed by atoms with Gasteiger partial charge in [-0.15, -0.1) is 0 Å². The smallest absolute Gasteiger partial charge is 0.0147 e. The second-order valence-corrected chi connectivity index (χ2v) is 8.73. The van der Waals surface area contributed by atoms with Crippen molar-refractivity contribution in [3.63, 3.8) is 0 Å². The van der Waals surface area contributed by atoms with E-state index in [4.69, 9.17) is 0 Å². The quantitative estimate of drug-likeness (QED) is 0.705. The molecular formula is C18H33N. The lowest BCUT2D eigenvalue weighted by atomic mass is 9.66. The zero-order valence-corrected chi connectivity index (χ0v) is 13.7. The van der Waals surface area contributed by atoms with Crippen LogP contribution in [0.25, 0.3) is 0 Å². The number of nitrogens with zero attached hydrogens (tertiary/aromatic N) is 1. The zero-order valence-electron chi connectivity index (χ0n) is 13.7. The van der Waals surface area contributed by atoms with Crippen LogP contribution in [0, 0.1) is 29.1 Å². The fourth-order valence-corrected chi connectivity index (χ4v) is 5.27. The Labute approximate surface area is 120 Å². The van der Waals surface area contributed by atoms with Crippen LogP contribution in [0.1, 0.15) is 66.2 Å². The van der Waals surface area contributed by atoms with Gasteiger partial charge in [0.2, 0.25) is 0 Å². The van der Waals surface area contributed by atoms with Crippen molar-refractivity contribution < 1.29 is 0 Å². The molecule has 110 valence electrons. The van der Waals surface area contributed by atoms with Crippen molar-refractivity contribution in [3.8, 4) is 0 Å². The highest BCUT2D eigenvalue weighted by atomic mass is 15.2. The van der Waals surface area contributed by atoms with E-state index in [2.05, 4.69) is 39.6 Å². The zero-order chi connectivity index (χ0) is 13.8. The maximum atomic E-state index is 2.80.